The van der Waals surface area contributed by atoms with Gasteiger partial charge in [-0.2, -0.15) is 0 Å². The third-order valence-electron chi connectivity index (χ3n) is 3.06. The largest absolute Gasteiger partial charge is 0.380 e. The van der Waals surface area contributed by atoms with Crippen molar-refractivity contribution >= 4 is 0 Å². The Morgan fingerprint density at radius 3 is 2.80 bits per heavy atom. The van der Waals surface area contributed by atoms with Crippen molar-refractivity contribution in [2.75, 3.05) is 13.6 Å². The molecule has 0 saturated heterocycles. The third-order valence-corrected chi connectivity index (χ3v) is 3.06. The average molecular weight is 201 g/mol. The van der Waals surface area contributed by atoms with E-state index >= 15 is 0 Å². The number of hydrogen-bond donors (Lipinski definition) is 0. The fraction of sp³-hybridized carbons (Fsp3) is 0.429. The number of allylic oxidation sites excluding steroid dienone is 1. The first-order chi connectivity index (χ1) is 7.36. The van der Waals surface area contributed by atoms with Crippen LogP contribution in [-0.4, -0.2) is 18.5 Å². The first kappa shape index (κ1) is 10.3. The summed E-state index contributed by atoms with van der Waals surface area (Å²) in [5, 5.41) is 0. The molecular weight excluding hydrogens is 182 g/mol. The monoisotopic (exact) mass is 201 g/mol. The molecule has 1 aliphatic heterocycles. The van der Waals surface area contributed by atoms with Crippen LogP contribution < -0.4 is 0 Å². The summed E-state index contributed by atoms with van der Waals surface area (Å²) in [6.45, 7) is 1.14. The van der Waals surface area contributed by atoms with Crippen molar-refractivity contribution in [3.63, 3.8) is 0 Å². The second-order valence-corrected chi connectivity index (χ2v) is 4.36. The SMILES string of the molecule is CN1C=CCCCC(c2ccccc2)C1. The molecule has 0 aliphatic carbocycles. The van der Waals surface area contributed by atoms with E-state index in [1.54, 1.807) is 0 Å². The summed E-state index contributed by atoms with van der Waals surface area (Å²) in [6, 6.07) is 10.9. The Kier molecular flexibility index (Phi) is 3.44. The number of hydrogen-bond acceptors (Lipinski definition) is 1. The zero-order chi connectivity index (χ0) is 10.5. The smallest absolute Gasteiger partial charge is 0.0238 e. The Morgan fingerprint density at radius 1 is 1.20 bits per heavy atom. The van der Waals surface area contributed by atoms with Gasteiger partial charge in [-0.1, -0.05) is 36.4 Å². The van der Waals surface area contributed by atoms with E-state index in [-0.39, 0.29) is 0 Å². The number of likely N-dealkylation sites (N-methyl/N-ethyl adjacent to an activating group) is 1. The molecule has 0 spiro atoms. The second-order valence-electron chi connectivity index (χ2n) is 4.36. The molecule has 0 aromatic heterocycles. The summed E-state index contributed by atoms with van der Waals surface area (Å²) < 4.78 is 0. The molecule has 0 amide bonds. The van der Waals surface area contributed by atoms with E-state index in [0.717, 1.165) is 6.54 Å². The highest BCUT2D eigenvalue weighted by molar-refractivity contribution is 5.20. The molecule has 0 fully saturated rings. The van der Waals surface area contributed by atoms with E-state index in [4.69, 9.17) is 0 Å². The van der Waals surface area contributed by atoms with Crippen LogP contribution in [0.3, 0.4) is 0 Å². The van der Waals surface area contributed by atoms with Gasteiger partial charge >= 0.3 is 0 Å². The molecule has 1 aliphatic rings. The van der Waals surface area contributed by atoms with Gasteiger partial charge < -0.3 is 4.90 Å². The zero-order valence-electron chi connectivity index (χ0n) is 9.39. The molecular formula is C14H19N. The maximum atomic E-state index is 2.30. The lowest BCUT2D eigenvalue weighted by atomic mass is 9.92. The van der Waals surface area contributed by atoms with Crippen LogP contribution in [0.15, 0.2) is 42.6 Å². The Morgan fingerprint density at radius 2 is 2.00 bits per heavy atom. The molecule has 1 heteroatoms. The van der Waals surface area contributed by atoms with Gasteiger partial charge in [-0.25, -0.2) is 0 Å². The van der Waals surface area contributed by atoms with Crippen molar-refractivity contribution in [3.05, 3.63) is 48.2 Å². The summed E-state index contributed by atoms with van der Waals surface area (Å²) in [5.41, 5.74) is 1.49. The minimum atomic E-state index is 0.696. The van der Waals surface area contributed by atoms with Gasteiger partial charge in [0.2, 0.25) is 0 Å². The lowest BCUT2D eigenvalue weighted by Crippen LogP contribution is -2.20. The van der Waals surface area contributed by atoms with Crippen molar-refractivity contribution in [1.29, 1.82) is 0 Å². The highest BCUT2D eigenvalue weighted by Crippen LogP contribution is 2.24. The molecule has 0 bridgehead atoms. The number of nitrogens with zero attached hydrogens (tertiary/aromatic N) is 1. The average Bonchev–Trinajstić information content (AvgIpc) is 2.24. The van der Waals surface area contributed by atoms with Gasteiger partial charge in [-0.3, -0.25) is 0 Å². The fourth-order valence-electron chi connectivity index (χ4n) is 2.23. The van der Waals surface area contributed by atoms with Crippen LogP contribution >= 0.6 is 0 Å². The van der Waals surface area contributed by atoms with Gasteiger partial charge in [0, 0.05) is 19.5 Å². The van der Waals surface area contributed by atoms with Crippen LogP contribution in [0, 0.1) is 0 Å². The Bertz CT molecular complexity index is 315. The molecule has 1 aromatic rings. The van der Waals surface area contributed by atoms with E-state index in [1.165, 1.54) is 24.8 Å². The Balaban J connectivity index is 2.11. The molecule has 1 unspecified atom stereocenters. The highest BCUT2D eigenvalue weighted by Gasteiger charge is 2.13. The van der Waals surface area contributed by atoms with E-state index in [9.17, 15) is 0 Å². The summed E-state index contributed by atoms with van der Waals surface area (Å²) >= 11 is 0. The molecule has 0 saturated carbocycles. The predicted octanol–water partition coefficient (Wildman–Crippen LogP) is 3.40. The van der Waals surface area contributed by atoms with E-state index < -0.39 is 0 Å². The van der Waals surface area contributed by atoms with Crippen molar-refractivity contribution in [2.24, 2.45) is 0 Å². The van der Waals surface area contributed by atoms with Gasteiger partial charge in [-0.05, 0) is 31.0 Å². The predicted molar refractivity (Wildman–Crippen MR) is 64.8 cm³/mol. The number of benzene rings is 1. The lowest BCUT2D eigenvalue weighted by Gasteiger charge is -2.25. The minimum absolute atomic E-state index is 0.696. The van der Waals surface area contributed by atoms with E-state index in [1.807, 2.05) is 0 Å². The summed E-state index contributed by atoms with van der Waals surface area (Å²) in [7, 11) is 2.16. The Labute approximate surface area is 92.4 Å². The molecule has 1 aromatic carbocycles. The standard InChI is InChI=1S/C14H19N/c1-15-11-7-3-6-10-14(12-15)13-8-4-2-5-9-13/h2,4-5,7-9,11,14H,3,6,10,12H2,1H3. The molecule has 1 nitrogen and oxygen atoms in total. The second kappa shape index (κ2) is 5.01. The van der Waals surface area contributed by atoms with Crippen molar-refractivity contribution < 1.29 is 0 Å². The fourth-order valence-corrected chi connectivity index (χ4v) is 2.23. The zero-order valence-corrected chi connectivity index (χ0v) is 9.39. The first-order valence-corrected chi connectivity index (χ1v) is 5.78. The quantitative estimate of drug-likeness (QED) is 0.673. The van der Waals surface area contributed by atoms with Crippen LogP contribution in [-0.2, 0) is 0 Å². The van der Waals surface area contributed by atoms with Crippen LogP contribution in [0.4, 0.5) is 0 Å². The number of rotatable bonds is 1. The van der Waals surface area contributed by atoms with Crippen molar-refractivity contribution in [2.45, 2.75) is 25.2 Å². The van der Waals surface area contributed by atoms with Gasteiger partial charge in [0.1, 0.15) is 0 Å². The molecule has 2 rings (SSSR count). The first-order valence-electron chi connectivity index (χ1n) is 5.78. The highest BCUT2D eigenvalue weighted by atomic mass is 15.1. The molecule has 1 atom stereocenters. The molecule has 0 radical (unpaired) electrons. The Hall–Kier alpha value is -1.24. The molecule has 1 heterocycles. The van der Waals surface area contributed by atoms with Gasteiger partial charge in [0.05, 0.1) is 0 Å². The minimum Gasteiger partial charge on any atom is -0.380 e. The van der Waals surface area contributed by atoms with Crippen LogP contribution in [0.5, 0.6) is 0 Å². The molecule has 15 heavy (non-hydrogen) atoms. The van der Waals surface area contributed by atoms with E-state index in [2.05, 4.69) is 54.6 Å². The van der Waals surface area contributed by atoms with Gasteiger partial charge in [-0.15, -0.1) is 0 Å². The summed E-state index contributed by atoms with van der Waals surface area (Å²) in [4.78, 5) is 2.30. The van der Waals surface area contributed by atoms with E-state index in [0.29, 0.717) is 5.92 Å². The summed E-state index contributed by atoms with van der Waals surface area (Å²) in [5.74, 6) is 0.696. The molecule has 0 N–H and O–H groups in total. The normalized spacial score (nSPS) is 22.2. The maximum absolute atomic E-state index is 2.30. The van der Waals surface area contributed by atoms with Gasteiger partial charge in [0.25, 0.3) is 0 Å². The lowest BCUT2D eigenvalue weighted by molar-refractivity contribution is 0.385. The van der Waals surface area contributed by atoms with Crippen molar-refractivity contribution in [3.8, 4) is 0 Å². The topological polar surface area (TPSA) is 3.24 Å². The summed E-state index contributed by atoms with van der Waals surface area (Å²) in [6.07, 6.45) is 8.33. The third kappa shape index (κ3) is 2.85. The maximum Gasteiger partial charge on any atom is 0.0238 e. The van der Waals surface area contributed by atoms with Crippen LogP contribution in [0.25, 0.3) is 0 Å². The van der Waals surface area contributed by atoms with Crippen LogP contribution in [0.2, 0.25) is 0 Å². The molecule has 80 valence electrons. The van der Waals surface area contributed by atoms with Crippen LogP contribution in [0.1, 0.15) is 30.7 Å². The van der Waals surface area contributed by atoms with Gasteiger partial charge in [0.15, 0.2) is 0 Å². The van der Waals surface area contributed by atoms with Crippen molar-refractivity contribution in [1.82, 2.24) is 4.90 Å².